The normalized spacial score (nSPS) is 40.1. The monoisotopic (exact) mass is 294 g/mol. The molecule has 2 bridgehead atoms. The van der Waals surface area contributed by atoms with E-state index < -0.39 is 9.84 Å². The molecule has 2 aliphatic rings. The fourth-order valence-electron chi connectivity index (χ4n) is 3.95. The summed E-state index contributed by atoms with van der Waals surface area (Å²) in [5.74, 6) is 0.538. The van der Waals surface area contributed by atoms with E-state index in [1.807, 2.05) is 6.07 Å². The molecule has 2 saturated heterocycles. The first-order valence-electron chi connectivity index (χ1n) is 7.25. The van der Waals surface area contributed by atoms with E-state index in [1.165, 1.54) is 0 Å². The summed E-state index contributed by atoms with van der Waals surface area (Å²) < 4.78 is 31.4. The molecule has 4 atom stereocenters. The average molecular weight is 294 g/mol. The third-order valence-corrected chi connectivity index (χ3v) is 7.22. The molecular weight excluding hydrogens is 272 g/mol. The minimum absolute atomic E-state index is 0.0754. The molecule has 0 aromatic heterocycles. The molecule has 4 heteroatoms. The zero-order chi connectivity index (χ0) is 14.6. The first-order valence-corrected chi connectivity index (χ1v) is 8.90. The van der Waals surface area contributed by atoms with Gasteiger partial charge in [-0.05, 0) is 44.7 Å². The number of benzene rings is 1. The molecule has 2 heterocycles. The topological polar surface area (TPSA) is 43.4 Å². The van der Waals surface area contributed by atoms with E-state index in [9.17, 15) is 8.42 Å². The van der Waals surface area contributed by atoms with Crippen LogP contribution in [0.15, 0.2) is 35.2 Å². The average Bonchev–Trinajstić information content (AvgIpc) is 2.82. The van der Waals surface area contributed by atoms with Gasteiger partial charge in [0.1, 0.15) is 0 Å². The van der Waals surface area contributed by atoms with Crippen LogP contribution in [-0.4, -0.2) is 25.4 Å². The van der Waals surface area contributed by atoms with Gasteiger partial charge in [0.2, 0.25) is 0 Å². The van der Waals surface area contributed by atoms with Crippen molar-refractivity contribution in [2.24, 2.45) is 11.8 Å². The second-order valence-corrected chi connectivity index (χ2v) is 8.75. The third kappa shape index (κ3) is 2.01. The van der Waals surface area contributed by atoms with Crippen molar-refractivity contribution in [3.63, 3.8) is 0 Å². The Bertz CT molecular complexity index is 610. The van der Waals surface area contributed by atoms with Crippen LogP contribution in [0.25, 0.3) is 0 Å². The van der Waals surface area contributed by atoms with Gasteiger partial charge >= 0.3 is 0 Å². The van der Waals surface area contributed by atoms with E-state index in [0.29, 0.717) is 4.90 Å². The van der Waals surface area contributed by atoms with Crippen molar-refractivity contribution in [3.8, 4) is 0 Å². The first-order chi connectivity index (χ1) is 9.27. The molecule has 0 N–H and O–H groups in total. The first kappa shape index (κ1) is 14.1. The summed E-state index contributed by atoms with van der Waals surface area (Å²) in [7, 11) is -3.24. The van der Waals surface area contributed by atoms with Gasteiger partial charge in [-0.1, -0.05) is 25.1 Å². The van der Waals surface area contributed by atoms with E-state index in [2.05, 4.69) is 20.8 Å². The van der Waals surface area contributed by atoms with Gasteiger partial charge in [-0.2, -0.15) is 0 Å². The summed E-state index contributed by atoms with van der Waals surface area (Å²) in [6.45, 7) is 6.33. The minimum atomic E-state index is -3.24. The van der Waals surface area contributed by atoms with Gasteiger partial charge < -0.3 is 4.74 Å². The predicted molar refractivity (Wildman–Crippen MR) is 78.3 cm³/mol. The Kier molecular flexibility index (Phi) is 3.04. The van der Waals surface area contributed by atoms with Crippen molar-refractivity contribution >= 4 is 9.84 Å². The Morgan fingerprint density at radius 2 is 1.75 bits per heavy atom. The second kappa shape index (κ2) is 4.31. The van der Waals surface area contributed by atoms with E-state index in [-0.39, 0.29) is 28.8 Å². The highest BCUT2D eigenvalue weighted by Crippen LogP contribution is 2.57. The van der Waals surface area contributed by atoms with Crippen LogP contribution in [-0.2, 0) is 14.6 Å². The number of sulfone groups is 1. The highest BCUT2D eigenvalue weighted by atomic mass is 32.2. The highest BCUT2D eigenvalue weighted by Gasteiger charge is 2.61. The minimum Gasteiger partial charge on any atom is -0.368 e. The number of rotatable bonds is 3. The van der Waals surface area contributed by atoms with E-state index in [4.69, 9.17) is 4.74 Å². The standard InChI is InChI=1S/C16H22O3S/c1-12-14(16(3)10-9-15(12,2)19-16)11-20(17,18)13-7-5-4-6-8-13/h4-8,12,14H,9-11H2,1-3H3/t12-,14-,15+,16-/m0/s1. The quantitative estimate of drug-likeness (QED) is 0.860. The highest BCUT2D eigenvalue weighted by molar-refractivity contribution is 7.91. The SMILES string of the molecule is C[C@H]1[C@H](CS(=O)(=O)c2ccccc2)[C@]2(C)CC[C@@]1(C)O2. The molecule has 0 radical (unpaired) electrons. The molecule has 2 fully saturated rings. The molecule has 0 unspecified atom stereocenters. The molecule has 1 aromatic carbocycles. The molecule has 0 spiro atoms. The van der Waals surface area contributed by atoms with E-state index >= 15 is 0 Å². The van der Waals surface area contributed by atoms with Gasteiger partial charge in [0.15, 0.2) is 9.84 Å². The summed E-state index contributed by atoms with van der Waals surface area (Å²) in [5.41, 5.74) is -0.429. The van der Waals surface area contributed by atoms with Crippen LogP contribution in [0, 0.1) is 11.8 Å². The number of hydrogen-bond donors (Lipinski definition) is 0. The van der Waals surface area contributed by atoms with Crippen LogP contribution in [0.4, 0.5) is 0 Å². The Hall–Kier alpha value is -0.870. The molecule has 1 aromatic rings. The van der Waals surface area contributed by atoms with Gasteiger partial charge in [-0.3, -0.25) is 0 Å². The van der Waals surface area contributed by atoms with Crippen molar-refractivity contribution < 1.29 is 13.2 Å². The van der Waals surface area contributed by atoms with Crippen molar-refractivity contribution in [2.45, 2.75) is 49.7 Å². The maximum atomic E-state index is 12.6. The lowest BCUT2D eigenvalue weighted by Crippen LogP contribution is -2.40. The van der Waals surface area contributed by atoms with Gasteiger partial charge in [-0.15, -0.1) is 0 Å². The van der Waals surface area contributed by atoms with Gasteiger partial charge in [0, 0.05) is 5.92 Å². The smallest absolute Gasteiger partial charge is 0.178 e. The molecule has 110 valence electrons. The third-order valence-electron chi connectivity index (χ3n) is 5.44. The maximum Gasteiger partial charge on any atom is 0.178 e. The molecule has 0 amide bonds. The van der Waals surface area contributed by atoms with Gasteiger partial charge in [-0.25, -0.2) is 8.42 Å². The maximum absolute atomic E-state index is 12.6. The summed E-state index contributed by atoms with van der Waals surface area (Å²) >= 11 is 0. The number of fused-ring (bicyclic) bond motifs is 2. The fraction of sp³-hybridized carbons (Fsp3) is 0.625. The summed E-state index contributed by atoms with van der Waals surface area (Å²) in [4.78, 5) is 0.420. The van der Waals surface area contributed by atoms with Crippen LogP contribution >= 0.6 is 0 Å². The van der Waals surface area contributed by atoms with Crippen molar-refractivity contribution in [1.82, 2.24) is 0 Å². The van der Waals surface area contributed by atoms with Crippen molar-refractivity contribution in [3.05, 3.63) is 30.3 Å². The van der Waals surface area contributed by atoms with Crippen molar-refractivity contribution in [2.75, 3.05) is 5.75 Å². The van der Waals surface area contributed by atoms with E-state index in [0.717, 1.165) is 12.8 Å². The fourth-order valence-corrected chi connectivity index (χ4v) is 5.83. The van der Waals surface area contributed by atoms with Crippen LogP contribution in [0.1, 0.15) is 33.6 Å². The molecule has 3 rings (SSSR count). The van der Waals surface area contributed by atoms with Crippen LogP contribution in [0.2, 0.25) is 0 Å². The number of ether oxygens (including phenoxy) is 1. The lowest BCUT2D eigenvalue weighted by molar-refractivity contribution is -0.0409. The van der Waals surface area contributed by atoms with Crippen LogP contribution < -0.4 is 0 Å². The predicted octanol–water partition coefficient (Wildman–Crippen LogP) is 3.05. The Balaban J connectivity index is 1.89. The summed E-state index contributed by atoms with van der Waals surface area (Å²) in [6, 6.07) is 8.74. The van der Waals surface area contributed by atoms with Gasteiger partial charge in [0.05, 0.1) is 21.9 Å². The van der Waals surface area contributed by atoms with Crippen LogP contribution in [0.3, 0.4) is 0 Å². The van der Waals surface area contributed by atoms with Crippen molar-refractivity contribution in [1.29, 1.82) is 0 Å². The van der Waals surface area contributed by atoms with Crippen LogP contribution in [0.5, 0.6) is 0 Å². The lowest BCUT2D eigenvalue weighted by atomic mass is 9.69. The molecule has 3 nitrogen and oxygen atoms in total. The zero-order valence-electron chi connectivity index (χ0n) is 12.3. The summed E-state index contributed by atoms with van der Waals surface area (Å²) in [6.07, 6.45) is 2.00. The lowest BCUT2D eigenvalue weighted by Gasteiger charge is -2.34. The Morgan fingerprint density at radius 1 is 1.15 bits per heavy atom. The largest absolute Gasteiger partial charge is 0.368 e. The molecule has 20 heavy (non-hydrogen) atoms. The molecular formula is C16H22O3S. The molecule has 2 aliphatic heterocycles. The number of hydrogen-bond acceptors (Lipinski definition) is 3. The second-order valence-electron chi connectivity index (χ2n) is 6.72. The Morgan fingerprint density at radius 3 is 2.30 bits per heavy atom. The zero-order valence-corrected chi connectivity index (χ0v) is 13.1. The van der Waals surface area contributed by atoms with E-state index in [1.54, 1.807) is 24.3 Å². The molecule has 0 aliphatic carbocycles. The van der Waals surface area contributed by atoms with Gasteiger partial charge in [0.25, 0.3) is 0 Å². The summed E-state index contributed by atoms with van der Waals surface area (Å²) in [5, 5.41) is 0. The Labute approximate surface area is 121 Å². The molecule has 0 saturated carbocycles.